The molecule has 1 heterocycles. The van der Waals surface area contributed by atoms with Gasteiger partial charge in [0.05, 0.1) is 11.6 Å². The van der Waals surface area contributed by atoms with E-state index in [1.54, 1.807) is 0 Å². The van der Waals surface area contributed by atoms with E-state index in [9.17, 15) is 5.11 Å². The van der Waals surface area contributed by atoms with Gasteiger partial charge in [-0.25, -0.2) is 0 Å². The summed E-state index contributed by atoms with van der Waals surface area (Å²) in [6.45, 7) is 8.04. The van der Waals surface area contributed by atoms with Crippen LogP contribution in [0.3, 0.4) is 0 Å². The summed E-state index contributed by atoms with van der Waals surface area (Å²) in [5, 5.41) is 11.5. The summed E-state index contributed by atoms with van der Waals surface area (Å²) in [6, 6.07) is 33.7. The van der Waals surface area contributed by atoms with Crippen molar-refractivity contribution in [2.24, 2.45) is 0 Å². The Morgan fingerprint density at radius 3 is 1.61 bits per heavy atom. The van der Waals surface area contributed by atoms with Crippen LogP contribution < -0.4 is 0 Å². The highest BCUT2D eigenvalue weighted by Gasteiger charge is 2.48. The Labute approximate surface area is 188 Å². The molecule has 0 aromatic heterocycles. The first-order chi connectivity index (χ1) is 14.9. The van der Waals surface area contributed by atoms with Crippen LogP contribution >= 0.6 is 0 Å². The van der Waals surface area contributed by atoms with Crippen molar-refractivity contribution >= 4 is 8.07 Å². The molecule has 1 unspecified atom stereocenters. The third kappa shape index (κ3) is 4.41. The quantitative estimate of drug-likeness (QED) is 0.360. The minimum Gasteiger partial charge on any atom is -0.392 e. The number of benzene rings is 3. The number of hydrogen-bond acceptors (Lipinski definition) is 2. The van der Waals surface area contributed by atoms with E-state index >= 15 is 0 Å². The first kappa shape index (κ1) is 22.0. The average Bonchev–Trinajstić information content (AvgIpc) is 3.26. The lowest BCUT2D eigenvalue weighted by molar-refractivity contribution is 0.0429. The van der Waals surface area contributed by atoms with Crippen LogP contribution in [0.5, 0.6) is 0 Å². The molecule has 1 N–H and O–H groups in total. The van der Waals surface area contributed by atoms with Gasteiger partial charge in [-0.1, -0.05) is 111 Å². The highest BCUT2D eigenvalue weighted by Crippen LogP contribution is 2.46. The largest absolute Gasteiger partial charge is 0.392 e. The first-order valence-corrected chi connectivity index (χ1v) is 15.2. The van der Waals surface area contributed by atoms with Crippen LogP contribution in [-0.4, -0.2) is 36.8 Å². The zero-order valence-corrected chi connectivity index (χ0v) is 20.0. The van der Waals surface area contributed by atoms with Crippen LogP contribution in [0, 0.1) is 0 Å². The van der Waals surface area contributed by atoms with Crippen molar-refractivity contribution in [3.8, 4) is 0 Å². The maximum Gasteiger partial charge on any atom is 0.0976 e. The van der Waals surface area contributed by atoms with E-state index in [2.05, 4.69) is 116 Å². The fraction of sp³-hybridized carbons (Fsp3) is 0.357. The molecule has 2 nitrogen and oxygen atoms in total. The SMILES string of the molecule is C[Si](C)(C)CC(O)[C@@H]1CCCN1C(c1ccccc1)(c1ccccc1)c1ccccc1. The van der Waals surface area contributed by atoms with Gasteiger partial charge in [0.15, 0.2) is 0 Å². The molecule has 0 bridgehead atoms. The second kappa shape index (κ2) is 9.11. The van der Waals surface area contributed by atoms with Crippen LogP contribution in [0.2, 0.25) is 25.7 Å². The van der Waals surface area contributed by atoms with Gasteiger partial charge in [-0.2, -0.15) is 0 Å². The summed E-state index contributed by atoms with van der Waals surface area (Å²) in [7, 11) is -1.39. The van der Waals surface area contributed by atoms with Crippen molar-refractivity contribution in [2.75, 3.05) is 6.54 Å². The summed E-state index contributed by atoms with van der Waals surface area (Å²) in [5.41, 5.74) is 3.37. The molecular formula is C28H35NOSi. The summed E-state index contributed by atoms with van der Waals surface area (Å²) < 4.78 is 0. The van der Waals surface area contributed by atoms with Crippen molar-refractivity contribution < 1.29 is 5.11 Å². The Hall–Kier alpha value is -2.20. The third-order valence-electron chi connectivity index (χ3n) is 6.57. The Balaban J connectivity index is 1.94. The number of rotatable bonds is 7. The third-order valence-corrected chi connectivity index (χ3v) is 8.21. The van der Waals surface area contributed by atoms with Crippen LogP contribution in [0.1, 0.15) is 29.5 Å². The molecule has 3 heteroatoms. The zero-order valence-electron chi connectivity index (χ0n) is 19.0. The average molecular weight is 430 g/mol. The summed E-state index contributed by atoms with van der Waals surface area (Å²) in [4.78, 5) is 2.61. The smallest absolute Gasteiger partial charge is 0.0976 e. The minimum absolute atomic E-state index is 0.146. The zero-order chi connectivity index (χ0) is 21.9. The number of aliphatic hydroxyl groups is 1. The van der Waals surface area contributed by atoms with E-state index in [1.807, 2.05) is 0 Å². The lowest BCUT2D eigenvalue weighted by atomic mass is 9.75. The van der Waals surface area contributed by atoms with Crippen LogP contribution in [0.25, 0.3) is 0 Å². The fourth-order valence-corrected chi connectivity index (χ4v) is 6.93. The molecule has 2 atom stereocenters. The maximum atomic E-state index is 11.5. The Kier molecular flexibility index (Phi) is 6.47. The normalized spacial score (nSPS) is 18.8. The lowest BCUT2D eigenvalue weighted by Gasteiger charge is -2.48. The van der Waals surface area contributed by atoms with E-state index < -0.39 is 13.6 Å². The van der Waals surface area contributed by atoms with Crippen LogP contribution in [0.15, 0.2) is 91.0 Å². The molecule has 1 aliphatic heterocycles. The first-order valence-electron chi connectivity index (χ1n) is 11.5. The predicted octanol–water partition coefficient (Wildman–Crippen LogP) is 6.14. The molecule has 1 fully saturated rings. The molecule has 0 aliphatic carbocycles. The molecule has 0 radical (unpaired) electrons. The highest BCUT2D eigenvalue weighted by molar-refractivity contribution is 6.76. The fourth-order valence-electron chi connectivity index (χ4n) is 5.41. The Morgan fingerprint density at radius 2 is 1.23 bits per heavy atom. The molecule has 0 amide bonds. The van der Waals surface area contributed by atoms with Crippen LogP contribution in [-0.2, 0) is 5.54 Å². The van der Waals surface area contributed by atoms with Crippen molar-refractivity contribution in [2.45, 2.75) is 56.2 Å². The lowest BCUT2D eigenvalue weighted by Crippen LogP contribution is -2.54. The van der Waals surface area contributed by atoms with Gasteiger partial charge in [-0.3, -0.25) is 4.90 Å². The van der Waals surface area contributed by atoms with E-state index in [0.717, 1.165) is 25.4 Å². The van der Waals surface area contributed by atoms with Crippen molar-refractivity contribution in [3.63, 3.8) is 0 Å². The van der Waals surface area contributed by atoms with Crippen molar-refractivity contribution in [1.29, 1.82) is 0 Å². The van der Waals surface area contributed by atoms with Crippen molar-refractivity contribution in [3.05, 3.63) is 108 Å². The van der Waals surface area contributed by atoms with Gasteiger partial charge < -0.3 is 5.11 Å². The predicted molar refractivity (Wildman–Crippen MR) is 133 cm³/mol. The van der Waals surface area contributed by atoms with Crippen molar-refractivity contribution in [1.82, 2.24) is 4.90 Å². The number of aliphatic hydroxyl groups excluding tert-OH is 1. The van der Waals surface area contributed by atoms with Gasteiger partial charge in [0, 0.05) is 20.7 Å². The Morgan fingerprint density at radius 1 is 0.806 bits per heavy atom. The van der Waals surface area contributed by atoms with E-state index in [0.29, 0.717) is 0 Å². The second-order valence-corrected chi connectivity index (χ2v) is 15.6. The molecule has 1 saturated heterocycles. The molecule has 1 aliphatic rings. The number of nitrogens with zero attached hydrogens (tertiary/aromatic N) is 1. The number of likely N-dealkylation sites (tertiary alicyclic amines) is 1. The van der Waals surface area contributed by atoms with Crippen LogP contribution in [0.4, 0.5) is 0 Å². The summed E-state index contributed by atoms with van der Waals surface area (Å²) >= 11 is 0. The van der Waals surface area contributed by atoms with Gasteiger partial charge in [0.1, 0.15) is 0 Å². The maximum absolute atomic E-state index is 11.5. The summed E-state index contributed by atoms with van der Waals surface area (Å²) in [6.07, 6.45) is 1.85. The highest BCUT2D eigenvalue weighted by atomic mass is 28.3. The monoisotopic (exact) mass is 429 g/mol. The second-order valence-electron chi connectivity index (χ2n) is 10.0. The van der Waals surface area contributed by atoms with E-state index in [-0.39, 0.29) is 12.1 Å². The van der Waals surface area contributed by atoms with Gasteiger partial charge in [-0.05, 0) is 35.6 Å². The molecule has 4 rings (SSSR count). The molecule has 162 valence electrons. The van der Waals surface area contributed by atoms with Gasteiger partial charge >= 0.3 is 0 Å². The summed E-state index contributed by atoms with van der Waals surface area (Å²) in [5.74, 6) is 0. The molecular weight excluding hydrogens is 394 g/mol. The minimum atomic E-state index is -1.39. The van der Waals surface area contributed by atoms with E-state index in [4.69, 9.17) is 0 Å². The molecule has 31 heavy (non-hydrogen) atoms. The molecule has 3 aromatic rings. The molecule has 0 spiro atoms. The molecule has 0 saturated carbocycles. The topological polar surface area (TPSA) is 23.5 Å². The van der Waals surface area contributed by atoms with Gasteiger partial charge in [0.25, 0.3) is 0 Å². The number of hydrogen-bond donors (Lipinski definition) is 1. The standard InChI is InChI=1S/C28H35NOSi/c1-31(2,3)22-27(30)26-20-13-21-29(26)28(23-14-7-4-8-15-23,24-16-9-5-10-17-24)25-18-11-6-12-19-25/h4-12,14-19,26-27,30H,13,20-22H2,1-3H3/t26-,27?/m0/s1. The van der Waals surface area contributed by atoms with E-state index in [1.165, 1.54) is 16.7 Å². The Bertz CT molecular complexity index is 856. The van der Waals surface area contributed by atoms with Gasteiger partial charge in [0.2, 0.25) is 0 Å². The molecule has 3 aromatic carbocycles. The van der Waals surface area contributed by atoms with Gasteiger partial charge in [-0.15, -0.1) is 0 Å².